The molecule has 1 aromatic carbocycles. The van der Waals surface area contributed by atoms with E-state index >= 15 is 0 Å². The summed E-state index contributed by atoms with van der Waals surface area (Å²) in [4.78, 5) is 21.0. The number of aromatic nitrogens is 4. The Morgan fingerprint density at radius 2 is 1.89 bits per heavy atom. The minimum atomic E-state index is -3.67. The molecule has 1 aliphatic carbocycles. The molecule has 35 heavy (non-hydrogen) atoms. The number of hydrogen-bond acceptors (Lipinski definition) is 7. The number of aryl methyl sites for hydroxylation is 1. The van der Waals surface area contributed by atoms with Crippen LogP contribution in [0.5, 0.6) is 5.75 Å². The van der Waals surface area contributed by atoms with Gasteiger partial charge in [0, 0.05) is 31.6 Å². The Hall–Kier alpha value is -2.76. The summed E-state index contributed by atoms with van der Waals surface area (Å²) in [6.07, 6.45) is 6.33. The van der Waals surface area contributed by atoms with Crippen LogP contribution in [0.4, 0.5) is 0 Å². The number of sulfonamides is 1. The summed E-state index contributed by atoms with van der Waals surface area (Å²) in [5.74, 6) is 1.56. The number of fused-ring (bicyclic) bond motifs is 1. The van der Waals surface area contributed by atoms with E-state index in [0.717, 1.165) is 44.3 Å². The van der Waals surface area contributed by atoms with Crippen LogP contribution < -0.4 is 15.6 Å². The fraction of sp³-hybridized carbons (Fsp3) is 0.542. The van der Waals surface area contributed by atoms with Gasteiger partial charge in [-0.25, -0.2) is 17.9 Å². The summed E-state index contributed by atoms with van der Waals surface area (Å²) in [7, 11) is -2.19. The van der Waals surface area contributed by atoms with Gasteiger partial charge >= 0.3 is 0 Å². The zero-order valence-electron chi connectivity index (χ0n) is 20.2. The number of imidazole rings is 1. The van der Waals surface area contributed by atoms with Gasteiger partial charge in [0.05, 0.1) is 23.3 Å². The molecule has 3 heterocycles. The summed E-state index contributed by atoms with van der Waals surface area (Å²) in [5, 5.41) is 7.90. The quantitative estimate of drug-likeness (QED) is 0.552. The van der Waals surface area contributed by atoms with Crippen LogP contribution in [0, 0.1) is 6.92 Å². The second-order valence-corrected chi connectivity index (χ2v) is 11.2. The monoisotopic (exact) mass is 500 g/mol. The van der Waals surface area contributed by atoms with Crippen molar-refractivity contribution in [1.29, 1.82) is 0 Å². The van der Waals surface area contributed by atoms with Crippen molar-refractivity contribution in [2.24, 2.45) is 0 Å². The predicted octanol–water partition coefficient (Wildman–Crippen LogP) is 2.43. The van der Waals surface area contributed by atoms with Crippen molar-refractivity contribution in [2.45, 2.75) is 56.3 Å². The molecule has 1 saturated heterocycles. The van der Waals surface area contributed by atoms with Gasteiger partial charge in [-0.1, -0.05) is 19.3 Å². The minimum Gasteiger partial charge on any atom is -0.496 e. The third-order valence-electron chi connectivity index (χ3n) is 7.05. The van der Waals surface area contributed by atoms with Crippen molar-refractivity contribution < 1.29 is 13.2 Å². The molecule has 0 radical (unpaired) electrons. The first-order valence-corrected chi connectivity index (χ1v) is 13.7. The van der Waals surface area contributed by atoms with Gasteiger partial charge in [-0.05, 0) is 44.9 Å². The van der Waals surface area contributed by atoms with Gasteiger partial charge in [-0.2, -0.15) is 4.31 Å². The summed E-state index contributed by atoms with van der Waals surface area (Å²) >= 11 is 0. The topological polar surface area (TPSA) is 122 Å². The molecule has 2 aromatic heterocycles. The molecule has 3 aromatic rings. The Balaban J connectivity index is 1.54. The molecule has 0 amide bonds. The maximum absolute atomic E-state index is 13.2. The summed E-state index contributed by atoms with van der Waals surface area (Å²) in [5.41, 5.74) is 1.57. The lowest BCUT2D eigenvalue weighted by atomic mass is 9.87. The van der Waals surface area contributed by atoms with E-state index in [0.29, 0.717) is 48.1 Å². The molecule has 0 unspecified atom stereocenters. The average Bonchev–Trinajstić information content (AvgIpc) is 3.03. The van der Waals surface area contributed by atoms with Gasteiger partial charge in [0.25, 0.3) is 5.56 Å². The van der Waals surface area contributed by atoms with E-state index in [4.69, 9.17) is 9.72 Å². The van der Waals surface area contributed by atoms with E-state index in [1.54, 1.807) is 16.6 Å². The number of hydrogen-bond donors (Lipinski definition) is 2. The highest BCUT2D eigenvalue weighted by Gasteiger charge is 2.28. The average molecular weight is 501 g/mol. The number of benzene rings is 1. The highest BCUT2D eigenvalue weighted by molar-refractivity contribution is 7.89. The van der Waals surface area contributed by atoms with Crippen molar-refractivity contribution in [3.8, 4) is 17.1 Å². The SMILES string of the molecule is COc1cc(S(=O)(=O)N2CCCNCC2)ccc1-c1nn2c(C)nc(C3CCCCC3)c2c(=O)[nH]1. The van der Waals surface area contributed by atoms with Gasteiger partial charge in [0.15, 0.2) is 11.3 Å². The van der Waals surface area contributed by atoms with Crippen LogP contribution in [0.15, 0.2) is 27.9 Å². The first kappa shape index (κ1) is 24.0. The largest absolute Gasteiger partial charge is 0.496 e. The number of H-pyrrole nitrogens is 1. The second kappa shape index (κ2) is 9.71. The zero-order chi connectivity index (χ0) is 24.6. The second-order valence-electron chi connectivity index (χ2n) is 9.31. The van der Waals surface area contributed by atoms with Crippen LogP contribution in [0.3, 0.4) is 0 Å². The molecule has 1 saturated carbocycles. The van der Waals surface area contributed by atoms with E-state index in [-0.39, 0.29) is 16.4 Å². The van der Waals surface area contributed by atoms with Crippen molar-refractivity contribution in [1.82, 2.24) is 29.2 Å². The number of nitrogens with one attached hydrogen (secondary N) is 2. The molecule has 11 heteroatoms. The Bertz CT molecular complexity index is 1380. The molecule has 188 valence electrons. The standard InChI is InChI=1S/C24H32N6O4S/c1-16-26-21(17-7-4-3-5-8-17)22-24(31)27-23(28-30(16)22)19-10-9-18(15-20(19)34-2)35(32,33)29-13-6-11-25-12-14-29/h9-10,15,17,25H,3-8,11-14H2,1-2H3,(H,27,28,31). The zero-order valence-corrected chi connectivity index (χ0v) is 21.0. The number of aromatic amines is 1. The molecular weight excluding hydrogens is 468 g/mol. The third-order valence-corrected chi connectivity index (χ3v) is 8.94. The van der Waals surface area contributed by atoms with Crippen LogP contribution in [-0.2, 0) is 10.0 Å². The molecule has 0 spiro atoms. The molecule has 0 bridgehead atoms. The smallest absolute Gasteiger partial charge is 0.277 e. The van der Waals surface area contributed by atoms with Crippen molar-refractivity contribution in [3.63, 3.8) is 0 Å². The van der Waals surface area contributed by atoms with Gasteiger partial charge in [-0.15, -0.1) is 5.10 Å². The molecule has 2 aliphatic rings. The van der Waals surface area contributed by atoms with E-state index in [9.17, 15) is 13.2 Å². The predicted molar refractivity (Wildman–Crippen MR) is 132 cm³/mol. The van der Waals surface area contributed by atoms with Crippen LogP contribution in [0.25, 0.3) is 16.9 Å². The molecule has 10 nitrogen and oxygen atoms in total. The molecule has 2 fully saturated rings. The van der Waals surface area contributed by atoms with Gasteiger partial charge in [-0.3, -0.25) is 4.79 Å². The normalized spacial score (nSPS) is 18.6. The Morgan fingerprint density at radius 1 is 1.09 bits per heavy atom. The lowest BCUT2D eigenvalue weighted by molar-refractivity contribution is 0.412. The summed E-state index contributed by atoms with van der Waals surface area (Å²) in [6, 6.07) is 4.69. The fourth-order valence-electron chi connectivity index (χ4n) is 5.19. The van der Waals surface area contributed by atoms with Crippen molar-refractivity contribution in [3.05, 3.63) is 40.1 Å². The van der Waals surface area contributed by atoms with E-state index < -0.39 is 10.0 Å². The summed E-state index contributed by atoms with van der Waals surface area (Å²) < 4.78 is 35.1. The Kier molecular flexibility index (Phi) is 6.65. The van der Waals surface area contributed by atoms with Crippen LogP contribution in [-0.4, -0.2) is 65.6 Å². The van der Waals surface area contributed by atoms with Crippen LogP contribution in [0.1, 0.15) is 56.0 Å². The number of rotatable bonds is 5. The molecular formula is C24H32N6O4S. The molecule has 0 atom stereocenters. The van der Waals surface area contributed by atoms with Gasteiger partial charge in [0.1, 0.15) is 11.6 Å². The molecule has 1 aliphatic heterocycles. The van der Waals surface area contributed by atoms with Gasteiger partial charge in [0.2, 0.25) is 10.0 Å². The Labute approximate surface area is 204 Å². The fourth-order valence-corrected chi connectivity index (χ4v) is 6.69. The van der Waals surface area contributed by atoms with E-state index in [1.165, 1.54) is 23.9 Å². The summed E-state index contributed by atoms with van der Waals surface area (Å²) in [6.45, 7) is 4.15. The van der Waals surface area contributed by atoms with Gasteiger partial charge < -0.3 is 15.0 Å². The van der Waals surface area contributed by atoms with E-state index in [2.05, 4.69) is 15.4 Å². The minimum absolute atomic E-state index is 0.154. The van der Waals surface area contributed by atoms with Crippen LogP contribution >= 0.6 is 0 Å². The maximum atomic E-state index is 13.2. The highest BCUT2D eigenvalue weighted by Crippen LogP contribution is 2.35. The molecule has 5 rings (SSSR count). The lowest BCUT2D eigenvalue weighted by Gasteiger charge is -2.20. The number of nitrogens with zero attached hydrogens (tertiary/aromatic N) is 4. The van der Waals surface area contributed by atoms with Crippen molar-refractivity contribution >= 4 is 15.5 Å². The maximum Gasteiger partial charge on any atom is 0.277 e. The first-order chi connectivity index (χ1) is 16.9. The first-order valence-electron chi connectivity index (χ1n) is 12.3. The molecule has 2 N–H and O–H groups in total. The third kappa shape index (κ3) is 4.48. The number of methoxy groups -OCH3 is 1. The highest BCUT2D eigenvalue weighted by atomic mass is 32.2. The van der Waals surface area contributed by atoms with Crippen molar-refractivity contribution in [2.75, 3.05) is 33.3 Å². The van der Waals surface area contributed by atoms with Crippen LogP contribution in [0.2, 0.25) is 0 Å². The lowest BCUT2D eigenvalue weighted by Crippen LogP contribution is -2.34. The number of ether oxygens (including phenoxy) is 1. The van der Waals surface area contributed by atoms with E-state index in [1.807, 2.05) is 6.92 Å². The Morgan fingerprint density at radius 3 is 2.66 bits per heavy atom.